The Kier molecular flexibility index (Phi) is 4.09. The Morgan fingerprint density at radius 3 is 2.56 bits per heavy atom. The van der Waals surface area contributed by atoms with Gasteiger partial charge in [0, 0.05) is 23.1 Å². The lowest BCUT2D eigenvalue weighted by Gasteiger charge is -2.14. The third kappa shape index (κ3) is 3.63. The molecule has 7 heteroatoms. The van der Waals surface area contributed by atoms with Gasteiger partial charge in [0.2, 0.25) is 0 Å². The van der Waals surface area contributed by atoms with Crippen molar-refractivity contribution in [1.82, 2.24) is 20.0 Å². The molecule has 3 aromatic rings. The molecule has 0 unspecified atom stereocenters. The quantitative estimate of drug-likeness (QED) is 0.727. The summed E-state index contributed by atoms with van der Waals surface area (Å²) < 4.78 is 14.9. The lowest BCUT2D eigenvalue weighted by molar-refractivity contribution is 0.102. The maximum Gasteiger partial charge on any atom is 0.277 e. The van der Waals surface area contributed by atoms with Crippen molar-refractivity contribution in [3.05, 3.63) is 59.3 Å². The monoisotopic (exact) mass is 367 g/mol. The van der Waals surface area contributed by atoms with Crippen molar-refractivity contribution in [2.75, 3.05) is 5.32 Å². The van der Waals surface area contributed by atoms with Gasteiger partial charge in [0.1, 0.15) is 11.6 Å². The summed E-state index contributed by atoms with van der Waals surface area (Å²) in [5.41, 5.74) is 2.64. The van der Waals surface area contributed by atoms with Gasteiger partial charge >= 0.3 is 0 Å². The Bertz CT molecular complexity index is 977. The zero-order chi connectivity index (χ0) is 19.2. The minimum Gasteiger partial charge on any atom is -0.305 e. The fourth-order valence-electron chi connectivity index (χ4n) is 2.85. The summed E-state index contributed by atoms with van der Waals surface area (Å²) in [6.45, 7) is 6.14. The van der Waals surface area contributed by atoms with E-state index in [-0.39, 0.29) is 17.1 Å². The molecule has 1 amide bonds. The van der Waals surface area contributed by atoms with Crippen LogP contribution in [0.4, 0.5) is 10.2 Å². The SMILES string of the molecule is CC(C)(C)c1cc(NC(=O)c2cc(C3CC3)[nH]n2)n(-c2ccc(F)cc2)n1. The van der Waals surface area contributed by atoms with Crippen LogP contribution >= 0.6 is 0 Å². The average Bonchev–Trinajstić information content (AvgIpc) is 3.17. The molecule has 6 nitrogen and oxygen atoms in total. The van der Waals surface area contributed by atoms with Crippen LogP contribution in [-0.4, -0.2) is 25.9 Å². The highest BCUT2D eigenvalue weighted by Crippen LogP contribution is 2.39. The maximum atomic E-state index is 13.3. The molecule has 0 aliphatic heterocycles. The van der Waals surface area contributed by atoms with Gasteiger partial charge in [-0.05, 0) is 43.2 Å². The highest BCUT2D eigenvalue weighted by atomic mass is 19.1. The first kappa shape index (κ1) is 17.5. The molecular weight excluding hydrogens is 345 g/mol. The van der Waals surface area contributed by atoms with E-state index in [1.807, 2.05) is 26.8 Å². The number of amides is 1. The fraction of sp³-hybridized carbons (Fsp3) is 0.350. The Labute approximate surface area is 156 Å². The summed E-state index contributed by atoms with van der Waals surface area (Å²) in [5, 5.41) is 14.6. The van der Waals surface area contributed by atoms with Crippen molar-refractivity contribution in [2.24, 2.45) is 0 Å². The number of nitrogens with zero attached hydrogens (tertiary/aromatic N) is 3. The molecule has 0 atom stereocenters. The number of hydrogen-bond acceptors (Lipinski definition) is 3. The lowest BCUT2D eigenvalue weighted by Crippen LogP contribution is -2.15. The number of hydrogen-bond donors (Lipinski definition) is 2. The number of nitrogens with one attached hydrogen (secondary N) is 2. The molecule has 1 aliphatic carbocycles. The van der Waals surface area contributed by atoms with Crippen LogP contribution in [0.1, 0.15) is 61.4 Å². The smallest absolute Gasteiger partial charge is 0.277 e. The Morgan fingerprint density at radius 2 is 1.93 bits per heavy atom. The van der Waals surface area contributed by atoms with Crippen molar-refractivity contribution in [3.63, 3.8) is 0 Å². The standard InChI is InChI=1S/C20H22FN5O/c1-20(2,3)17-11-18(26(25-17)14-8-6-13(21)7-9-14)22-19(27)16-10-15(23-24-16)12-4-5-12/h6-12H,4-5H2,1-3H3,(H,22,27)(H,23,24). The summed E-state index contributed by atoms with van der Waals surface area (Å²) in [4.78, 5) is 12.7. The average molecular weight is 367 g/mol. The van der Waals surface area contributed by atoms with E-state index in [0.717, 1.165) is 24.2 Å². The molecule has 1 saturated carbocycles. The van der Waals surface area contributed by atoms with Gasteiger partial charge in [-0.25, -0.2) is 9.07 Å². The largest absolute Gasteiger partial charge is 0.305 e. The molecule has 2 N–H and O–H groups in total. The zero-order valence-corrected chi connectivity index (χ0v) is 15.6. The summed E-state index contributed by atoms with van der Waals surface area (Å²) in [5.74, 6) is 0.391. The number of anilines is 1. The minimum atomic E-state index is -0.323. The summed E-state index contributed by atoms with van der Waals surface area (Å²) in [6, 6.07) is 9.64. The Balaban J connectivity index is 1.66. The molecule has 0 saturated heterocycles. The second kappa shape index (κ2) is 6.33. The van der Waals surface area contributed by atoms with Crippen LogP contribution in [0.25, 0.3) is 5.69 Å². The zero-order valence-electron chi connectivity index (χ0n) is 15.6. The number of carbonyl (C=O) groups excluding carboxylic acids is 1. The van der Waals surface area contributed by atoms with E-state index in [4.69, 9.17) is 0 Å². The molecule has 1 aromatic carbocycles. The predicted molar refractivity (Wildman–Crippen MR) is 101 cm³/mol. The van der Waals surface area contributed by atoms with Crippen LogP contribution in [0.15, 0.2) is 36.4 Å². The van der Waals surface area contributed by atoms with Crippen LogP contribution in [0.5, 0.6) is 0 Å². The molecule has 0 bridgehead atoms. The molecule has 0 spiro atoms. The number of halogens is 1. The number of aromatic amines is 1. The number of aromatic nitrogens is 4. The van der Waals surface area contributed by atoms with Gasteiger partial charge in [-0.15, -0.1) is 0 Å². The van der Waals surface area contributed by atoms with Crippen molar-refractivity contribution in [2.45, 2.75) is 44.9 Å². The van der Waals surface area contributed by atoms with Crippen LogP contribution < -0.4 is 5.32 Å². The molecule has 27 heavy (non-hydrogen) atoms. The molecule has 4 rings (SSSR count). The van der Waals surface area contributed by atoms with E-state index >= 15 is 0 Å². The van der Waals surface area contributed by atoms with E-state index < -0.39 is 0 Å². The van der Waals surface area contributed by atoms with Crippen molar-refractivity contribution < 1.29 is 9.18 Å². The molecular formula is C20H22FN5O. The highest BCUT2D eigenvalue weighted by Gasteiger charge is 2.27. The Morgan fingerprint density at radius 1 is 1.22 bits per heavy atom. The molecule has 140 valence electrons. The molecule has 2 heterocycles. The van der Waals surface area contributed by atoms with E-state index in [0.29, 0.717) is 23.1 Å². The van der Waals surface area contributed by atoms with Gasteiger partial charge in [0.25, 0.3) is 5.91 Å². The topological polar surface area (TPSA) is 75.6 Å². The van der Waals surface area contributed by atoms with Crippen LogP contribution in [0.2, 0.25) is 0 Å². The van der Waals surface area contributed by atoms with Crippen molar-refractivity contribution >= 4 is 11.7 Å². The van der Waals surface area contributed by atoms with E-state index in [1.165, 1.54) is 12.1 Å². The van der Waals surface area contributed by atoms with E-state index in [9.17, 15) is 9.18 Å². The highest BCUT2D eigenvalue weighted by molar-refractivity contribution is 6.02. The lowest BCUT2D eigenvalue weighted by atomic mass is 9.92. The number of benzene rings is 1. The second-order valence-electron chi connectivity index (χ2n) is 7.99. The van der Waals surface area contributed by atoms with Crippen LogP contribution in [0.3, 0.4) is 0 Å². The first-order chi connectivity index (χ1) is 12.8. The minimum absolute atomic E-state index is 0.198. The number of rotatable bonds is 4. The second-order valence-corrected chi connectivity index (χ2v) is 7.99. The van der Waals surface area contributed by atoms with E-state index in [2.05, 4.69) is 20.6 Å². The third-order valence-corrected chi connectivity index (χ3v) is 4.64. The molecule has 0 radical (unpaired) electrons. The first-order valence-corrected chi connectivity index (χ1v) is 9.04. The van der Waals surface area contributed by atoms with Gasteiger partial charge in [0.15, 0.2) is 5.69 Å². The summed E-state index contributed by atoms with van der Waals surface area (Å²) in [6.07, 6.45) is 2.27. The first-order valence-electron chi connectivity index (χ1n) is 9.04. The van der Waals surface area contributed by atoms with E-state index in [1.54, 1.807) is 22.9 Å². The maximum absolute atomic E-state index is 13.3. The Hall–Kier alpha value is -2.96. The molecule has 1 fully saturated rings. The predicted octanol–water partition coefficient (Wildman–Crippen LogP) is 4.16. The van der Waals surface area contributed by atoms with Gasteiger partial charge < -0.3 is 5.32 Å². The van der Waals surface area contributed by atoms with Crippen molar-refractivity contribution in [3.8, 4) is 5.69 Å². The number of H-pyrrole nitrogens is 1. The fourth-order valence-corrected chi connectivity index (χ4v) is 2.85. The van der Waals surface area contributed by atoms with Crippen molar-refractivity contribution in [1.29, 1.82) is 0 Å². The van der Waals surface area contributed by atoms with Gasteiger partial charge in [0.05, 0.1) is 11.4 Å². The third-order valence-electron chi connectivity index (χ3n) is 4.64. The van der Waals surface area contributed by atoms with Gasteiger partial charge in [-0.2, -0.15) is 10.2 Å². The van der Waals surface area contributed by atoms with Crippen LogP contribution in [-0.2, 0) is 5.41 Å². The van der Waals surface area contributed by atoms with Gasteiger partial charge in [-0.1, -0.05) is 20.8 Å². The summed E-state index contributed by atoms with van der Waals surface area (Å²) >= 11 is 0. The molecule has 1 aliphatic rings. The number of carbonyl (C=O) groups is 1. The van der Waals surface area contributed by atoms with Crippen LogP contribution in [0, 0.1) is 5.82 Å². The summed E-state index contributed by atoms with van der Waals surface area (Å²) in [7, 11) is 0. The normalized spacial score (nSPS) is 14.4. The van der Waals surface area contributed by atoms with Gasteiger partial charge in [-0.3, -0.25) is 9.89 Å². The molecule has 2 aromatic heterocycles.